The zero-order valence-corrected chi connectivity index (χ0v) is 13.3. The minimum absolute atomic E-state index is 0.0169. The number of carbonyl (C=O) groups is 1. The second-order valence-electron chi connectivity index (χ2n) is 5.86. The summed E-state index contributed by atoms with van der Waals surface area (Å²) in [6.45, 7) is 1.57. The molecule has 122 valence electrons. The summed E-state index contributed by atoms with van der Waals surface area (Å²) in [6, 6.07) is 10.3. The number of nitrogens with one attached hydrogen (secondary N) is 1. The Morgan fingerprint density at radius 2 is 2.26 bits per heavy atom. The molecule has 0 saturated carbocycles. The van der Waals surface area contributed by atoms with Crippen LogP contribution in [0.3, 0.4) is 0 Å². The van der Waals surface area contributed by atoms with Gasteiger partial charge in [0.1, 0.15) is 6.54 Å². The Kier molecular flexibility index (Phi) is 5.42. The highest BCUT2D eigenvalue weighted by Crippen LogP contribution is 2.32. The van der Waals surface area contributed by atoms with E-state index < -0.39 is 0 Å². The van der Waals surface area contributed by atoms with Crippen LogP contribution in [0.4, 0.5) is 0 Å². The van der Waals surface area contributed by atoms with Gasteiger partial charge in [-0.1, -0.05) is 24.3 Å². The van der Waals surface area contributed by atoms with Crippen molar-refractivity contribution in [2.24, 2.45) is 0 Å². The van der Waals surface area contributed by atoms with Crippen molar-refractivity contribution in [2.75, 3.05) is 13.2 Å². The number of hydrogen-bond acceptors (Lipinski definition) is 3. The topological polar surface area (TPSA) is 56.2 Å². The van der Waals surface area contributed by atoms with Crippen LogP contribution >= 0.6 is 0 Å². The van der Waals surface area contributed by atoms with E-state index in [1.54, 1.807) is 17.1 Å². The summed E-state index contributed by atoms with van der Waals surface area (Å²) in [4.78, 5) is 11.7. The highest BCUT2D eigenvalue weighted by molar-refractivity contribution is 5.75. The molecule has 1 amide bonds. The van der Waals surface area contributed by atoms with Crippen LogP contribution in [-0.2, 0) is 22.5 Å². The highest BCUT2D eigenvalue weighted by atomic mass is 16.5. The molecular weight excluding hydrogens is 290 g/mol. The standard InChI is InChI=1S/C18H23N3O2/c22-18(14-21-12-4-11-20-21)19-10-5-13-23-17-9-3-7-15-6-1-2-8-16(15)17/h1-2,4,6,8,11-12,17H,3,5,7,9-10,13-14H2,(H,19,22). The molecule has 5 heteroatoms. The first kappa shape index (κ1) is 15.7. The van der Waals surface area contributed by atoms with Gasteiger partial charge in [-0.25, -0.2) is 0 Å². The van der Waals surface area contributed by atoms with Crippen LogP contribution in [0, 0.1) is 0 Å². The van der Waals surface area contributed by atoms with E-state index in [0.29, 0.717) is 13.2 Å². The molecule has 0 spiro atoms. The van der Waals surface area contributed by atoms with E-state index in [-0.39, 0.29) is 18.6 Å². The number of hydrogen-bond donors (Lipinski definition) is 1. The molecule has 0 radical (unpaired) electrons. The summed E-state index contributed by atoms with van der Waals surface area (Å²) >= 11 is 0. The van der Waals surface area contributed by atoms with Crippen LogP contribution in [0.1, 0.15) is 36.5 Å². The van der Waals surface area contributed by atoms with Gasteiger partial charge < -0.3 is 10.1 Å². The fourth-order valence-corrected chi connectivity index (χ4v) is 3.01. The molecule has 0 saturated heterocycles. The van der Waals surface area contributed by atoms with Crippen molar-refractivity contribution in [1.29, 1.82) is 0 Å². The quantitative estimate of drug-likeness (QED) is 0.799. The van der Waals surface area contributed by atoms with Crippen molar-refractivity contribution in [3.63, 3.8) is 0 Å². The first-order valence-corrected chi connectivity index (χ1v) is 8.26. The van der Waals surface area contributed by atoms with E-state index in [1.807, 2.05) is 6.07 Å². The van der Waals surface area contributed by atoms with Crippen LogP contribution in [0.5, 0.6) is 0 Å². The predicted octanol–water partition coefficient (Wildman–Crippen LogP) is 2.48. The summed E-state index contributed by atoms with van der Waals surface area (Å²) in [5.41, 5.74) is 2.75. The van der Waals surface area contributed by atoms with E-state index >= 15 is 0 Å². The maximum absolute atomic E-state index is 11.7. The van der Waals surface area contributed by atoms with Crippen LogP contribution in [0.15, 0.2) is 42.7 Å². The Bertz CT molecular complexity index is 625. The van der Waals surface area contributed by atoms with E-state index in [4.69, 9.17) is 4.74 Å². The number of fused-ring (bicyclic) bond motifs is 1. The van der Waals surface area contributed by atoms with Crippen molar-refractivity contribution in [2.45, 2.75) is 38.3 Å². The Balaban J connectivity index is 1.35. The minimum atomic E-state index is -0.0169. The van der Waals surface area contributed by atoms with Gasteiger partial charge in [0, 0.05) is 25.5 Å². The molecule has 1 aliphatic rings. The van der Waals surface area contributed by atoms with Crippen LogP contribution in [0.25, 0.3) is 0 Å². The molecule has 1 atom stereocenters. The molecular formula is C18H23N3O2. The monoisotopic (exact) mass is 313 g/mol. The lowest BCUT2D eigenvalue weighted by molar-refractivity contribution is -0.121. The molecule has 5 nitrogen and oxygen atoms in total. The van der Waals surface area contributed by atoms with Gasteiger partial charge in [0.05, 0.1) is 6.10 Å². The number of amides is 1. The van der Waals surface area contributed by atoms with Gasteiger partial charge in [0.25, 0.3) is 0 Å². The lowest BCUT2D eigenvalue weighted by Gasteiger charge is -2.25. The molecule has 0 aliphatic heterocycles. The SMILES string of the molecule is O=C(Cn1cccn1)NCCCOC1CCCc2ccccc21. The molecule has 3 rings (SSSR count). The van der Waals surface area contributed by atoms with Crippen molar-refractivity contribution in [3.05, 3.63) is 53.9 Å². The van der Waals surface area contributed by atoms with E-state index in [1.165, 1.54) is 17.5 Å². The minimum Gasteiger partial charge on any atom is -0.373 e. The summed E-state index contributed by atoms with van der Waals surface area (Å²) in [6.07, 6.45) is 7.90. The van der Waals surface area contributed by atoms with Crippen LogP contribution in [0.2, 0.25) is 0 Å². The zero-order valence-electron chi connectivity index (χ0n) is 13.3. The van der Waals surface area contributed by atoms with Gasteiger partial charge >= 0.3 is 0 Å². The van der Waals surface area contributed by atoms with Gasteiger partial charge in [-0.05, 0) is 42.9 Å². The van der Waals surface area contributed by atoms with Crippen LogP contribution < -0.4 is 5.32 Å². The molecule has 0 bridgehead atoms. The number of aryl methyl sites for hydroxylation is 1. The van der Waals surface area contributed by atoms with Crippen LogP contribution in [-0.4, -0.2) is 28.8 Å². The second-order valence-corrected chi connectivity index (χ2v) is 5.86. The lowest BCUT2D eigenvalue weighted by Crippen LogP contribution is -2.29. The maximum Gasteiger partial charge on any atom is 0.241 e. The highest BCUT2D eigenvalue weighted by Gasteiger charge is 2.19. The molecule has 1 heterocycles. The van der Waals surface area contributed by atoms with Gasteiger partial charge in [0.15, 0.2) is 0 Å². The fourth-order valence-electron chi connectivity index (χ4n) is 3.01. The van der Waals surface area contributed by atoms with E-state index in [9.17, 15) is 4.79 Å². The van der Waals surface area contributed by atoms with Gasteiger partial charge in [-0.3, -0.25) is 9.48 Å². The average molecular weight is 313 g/mol. The average Bonchev–Trinajstić information content (AvgIpc) is 3.07. The second kappa shape index (κ2) is 7.92. The van der Waals surface area contributed by atoms with Crippen molar-refractivity contribution in [3.8, 4) is 0 Å². The number of aromatic nitrogens is 2. The third-order valence-electron chi connectivity index (χ3n) is 4.14. The molecule has 23 heavy (non-hydrogen) atoms. The van der Waals surface area contributed by atoms with Crippen molar-refractivity contribution >= 4 is 5.91 Å². The fraction of sp³-hybridized carbons (Fsp3) is 0.444. The van der Waals surface area contributed by atoms with E-state index in [2.05, 4.69) is 34.7 Å². The number of nitrogens with zero attached hydrogens (tertiary/aromatic N) is 2. The number of ether oxygens (including phenoxy) is 1. The molecule has 1 aromatic heterocycles. The van der Waals surface area contributed by atoms with Gasteiger partial charge in [-0.2, -0.15) is 5.10 Å². The zero-order chi connectivity index (χ0) is 15.9. The lowest BCUT2D eigenvalue weighted by atomic mass is 9.89. The van der Waals surface area contributed by atoms with Crippen molar-refractivity contribution in [1.82, 2.24) is 15.1 Å². The molecule has 1 aliphatic carbocycles. The molecule has 1 N–H and O–H groups in total. The first-order chi connectivity index (χ1) is 11.3. The smallest absolute Gasteiger partial charge is 0.241 e. The summed E-state index contributed by atoms with van der Waals surface area (Å²) in [7, 11) is 0. The molecule has 2 aromatic rings. The summed E-state index contributed by atoms with van der Waals surface area (Å²) in [5, 5.41) is 6.91. The Labute approximate surface area is 136 Å². The molecule has 1 aromatic carbocycles. The number of benzene rings is 1. The Hall–Kier alpha value is -2.14. The van der Waals surface area contributed by atoms with Gasteiger partial charge in [-0.15, -0.1) is 0 Å². The third-order valence-corrected chi connectivity index (χ3v) is 4.14. The Morgan fingerprint density at radius 3 is 3.13 bits per heavy atom. The largest absolute Gasteiger partial charge is 0.373 e. The van der Waals surface area contributed by atoms with E-state index in [0.717, 1.165) is 19.3 Å². The summed E-state index contributed by atoms with van der Waals surface area (Å²) in [5.74, 6) is -0.0169. The number of rotatable bonds is 7. The third kappa shape index (κ3) is 4.42. The first-order valence-electron chi connectivity index (χ1n) is 8.26. The Morgan fingerprint density at radius 1 is 1.35 bits per heavy atom. The molecule has 0 fully saturated rings. The predicted molar refractivity (Wildman–Crippen MR) is 87.9 cm³/mol. The normalized spacial score (nSPS) is 16.8. The number of carbonyl (C=O) groups excluding carboxylic acids is 1. The maximum atomic E-state index is 11.7. The van der Waals surface area contributed by atoms with Crippen molar-refractivity contribution < 1.29 is 9.53 Å². The van der Waals surface area contributed by atoms with Gasteiger partial charge in [0.2, 0.25) is 5.91 Å². The summed E-state index contributed by atoms with van der Waals surface area (Å²) < 4.78 is 7.64. The molecule has 1 unspecified atom stereocenters.